The number of halogens is 1. The van der Waals surface area contributed by atoms with Crippen LogP contribution >= 0.6 is 11.6 Å². The summed E-state index contributed by atoms with van der Waals surface area (Å²) in [7, 11) is 0. The monoisotopic (exact) mass is 338 g/mol. The SMILES string of the molecule is CC(C)(CNc1c([N+](=O)[O-])c(Cl)nc2ccccc12)NC(=O)O. The smallest absolute Gasteiger partial charge is 0.405 e. The number of para-hydroxylation sites is 1. The van der Waals surface area contributed by atoms with E-state index in [2.05, 4.69) is 15.6 Å². The van der Waals surface area contributed by atoms with Crippen LogP contribution in [-0.2, 0) is 0 Å². The fraction of sp³-hybridized carbons (Fsp3) is 0.286. The Bertz CT molecular complexity index is 779. The van der Waals surface area contributed by atoms with E-state index >= 15 is 0 Å². The molecule has 23 heavy (non-hydrogen) atoms. The van der Waals surface area contributed by atoms with E-state index in [0.29, 0.717) is 10.9 Å². The number of aromatic nitrogens is 1. The summed E-state index contributed by atoms with van der Waals surface area (Å²) in [6.07, 6.45) is -1.18. The summed E-state index contributed by atoms with van der Waals surface area (Å²) in [5.41, 5.74) is -0.451. The van der Waals surface area contributed by atoms with Crippen LogP contribution in [0.1, 0.15) is 13.8 Å². The van der Waals surface area contributed by atoms with E-state index in [1.165, 1.54) is 0 Å². The molecule has 1 heterocycles. The second-order valence-corrected chi connectivity index (χ2v) is 5.93. The second kappa shape index (κ2) is 6.25. The van der Waals surface area contributed by atoms with E-state index in [0.717, 1.165) is 0 Å². The molecular formula is C14H15ClN4O4. The van der Waals surface area contributed by atoms with Crippen molar-refractivity contribution in [1.29, 1.82) is 0 Å². The average Bonchev–Trinajstić information content (AvgIpc) is 2.42. The Morgan fingerprint density at radius 3 is 2.70 bits per heavy atom. The van der Waals surface area contributed by atoms with Gasteiger partial charge in [-0.2, -0.15) is 0 Å². The minimum atomic E-state index is -1.18. The van der Waals surface area contributed by atoms with Crippen LogP contribution in [0.5, 0.6) is 0 Å². The van der Waals surface area contributed by atoms with Crippen LogP contribution in [0, 0.1) is 10.1 Å². The molecular weight excluding hydrogens is 324 g/mol. The molecule has 1 aromatic carbocycles. The summed E-state index contributed by atoms with van der Waals surface area (Å²) in [5, 5.41) is 25.7. The number of rotatable bonds is 5. The lowest BCUT2D eigenvalue weighted by atomic mass is 10.1. The van der Waals surface area contributed by atoms with E-state index < -0.39 is 16.6 Å². The minimum absolute atomic E-state index is 0.129. The summed E-state index contributed by atoms with van der Waals surface area (Å²) in [4.78, 5) is 25.5. The molecule has 3 N–H and O–H groups in total. The van der Waals surface area contributed by atoms with Gasteiger partial charge in [0.1, 0.15) is 5.69 Å². The number of nitrogens with one attached hydrogen (secondary N) is 2. The maximum Gasteiger partial charge on any atom is 0.405 e. The number of hydrogen-bond donors (Lipinski definition) is 3. The van der Waals surface area contributed by atoms with Crippen LogP contribution in [0.3, 0.4) is 0 Å². The molecule has 0 unspecified atom stereocenters. The van der Waals surface area contributed by atoms with Crippen molar-refractivity contribution >= 4 is 40.0 Å². The number of carbonyl (C=O) groups is 1. The van der Waals surface area contributed by atoms with Crippen LogP contribution in [0.2, 0.25) is 5.15 Å². The van der Waals surface area contributed by atoms with Crippen molar-refractivity contribution in [3.8, 4) is 0 Å². The van der Waals surface area contributed by atoms with Gasteiger partial charge in [-0.1, -0.05) is 29.8 Å². The van der Waals surface area contributed by atoms with Crippen molar-refractivity contribution < 1.29 is 14.8 Å². The van der Waals surface area contributed by atoms with Crippen LogP contribution in [-0.4, -0.2) is 33.2 Å². The molecule has 1 aromatic heterocycles. The van der Waals surface area contributed by atoms with Crippen LogP contribution in [0.25, 0.3) is 10.9 Å². The molecule has 2 aromatic rings. The summed E-state index contributed by atoms with van der Waals surface area (Å²) in [5.74, 6) is 0. The third-order valence-electron chi connectivity index (χ3n) is 3.16. The lowest BCUT2D eigenvalue weighted by molar-refractivity contribution is -0.384. The van der Waals surface area contributed by atoms with Gasteiger partial charge in [0.05, 0.1) is 16.0 Å². The van der Waals surface area contributed by atoms with Gasteiger partial charge in [0, 0.05) is 11.9 Å². The van der Waals surface area contributed by atoms with Crippen LogP contribution in [0.4, 0.5) is 16.2 Å². The average molecular weight is 339 g/mol. The third-order valence-corrected chi connectivity index (χ3v) is 3.42. The molecule has 0 atom stereocenters. The van der Waals surface area contributed by atoms with Gasteiger partial charge in [-0.05, 0) is 19.9 Å². The second-order valence-electron chi connectivity index (χ2n) is 5.57. The van der Waals surface area contributed by atoms with Crippen LogP contribution in [0.15, 0.2) is 24.3 Å². The molecule has 0 aliphatic rings. The van der Waals surface area contributed by atoms with Gasteiger partial charge in [-0.25, -0.2) is 9.78 Å². The van der Waals surface area contributed by atoms with Gasteiger partial charge in [-0.15, -0.1) is 0 Å². The lowest BCUT2D eigenvalue weighted by Gasteiger charge is -2.25. The summed E-state index contributed by atoms with van der Waals surface area (Å²) in [6.45, 7) is 3.44. The largest absolute Gasteiger partial charge is 0.465 e. The number of carboxylic acid groups (broad SMARTS) is 1. The maximum absolute atomic E-state index is 11.3. The van der Waals surface area contributed by atoms with Gasteiger partial charge in [0.25, 0.3) is 0 Å². The number of pyridine rings is 1. The van der Waals surface area contributed by atoms with Gasteiger partial charge < -0.3 is 15.7 Å². The van der Waals surface area contributed by atoms with E-state index in [1.54, 1.807) is 38.1 Å². The molecule has 0 spiro atoms. The highest BCUT2D eigenvalue weighted by atomic mass is 35.5. The van der Waals surface area contributed by atoms with Crippen molar-refractivity contribution in [3.63, 3.8) is 0 Å². The third kappa shape index (κ3) is 3.78. The van der Waals surface area contributed by atoms with Gasteiger partial charge in [0.2, 0.25) is 5.15 Å². The molecule has 1 amide bonds. The highest BCUT2D eigenvalue weighted by Crippen LogP contribution is 2.37. The molecule has 0 saturated carbocycles. The Labute approximate surface area is 136 Å². The maximum atomic E-state index is 11.3. The summed E-state index contributed by atoms with van der Waals surface area (Å²) >= 11 is 5.94. The first-order valence-electron chi connectivity index (χ1n) is 6.69. The summed E-state index contributed by atoms with van der Waals surface area (Å²) in [6, 6.07) is 6.85. The van der Waals surface area contributed by atoms with Gasteiger partial charge >= 0.3 is 11.8 Å². The number of benzene rings is 1. The molecule has 0 bridgehead atoms. The van der Waals surface area contributed by atoms with E-state index in [4.69, 9.17) is 16.7 Å². The standard InChI is InChI=1S/C14H15ClN4O4/c1-14(2,18-13(20)21)7-16-10-8-5-3-4-6-9(8)17-12(15)11(10)19(22)23/h3-6,18H,7H2,1-2H3,(H,16,17)(H,20,21). The fourth-order valence-corrected chi connectivity index (χ4v) is 2.42. The van der Waals surface area contributed by atoms with Gasteiger partial charge in [-0.3, -0.25) is 10.1 Å². The van der Waals surface area contributed by atoms with E-state index in [9.17, 15) is 14.9 Å². The number of amides is 1. The molecule has 0 fully saturated rings. The Morgan fingerprint density at radius 1 is 1.43 bits per heavy atom. The minimum Gasteiger partial charge on any atom is -0.465 e. The Kier molecular flexibility index (Phi) is 4.55. The number of fused-ring (bicyclic) bond motifs is 1. The molecule has 0 aliphatic carbocycles. The summed E-state index contributed by atoms with van der Waals surface area (Å²) < 4.78 is 0. The highest BCUT2D eigenvalue weighted by Gasteiger charge is 2.26. The zero-order chi connectivity index (χ0) is 17.2. The van der Waals surface area contributed by atoms with Crippen molar-refractivity contribution in [2.45, 2.75) is 19.4 Å². The number of nitrogens with zero attached hydrogens (tertiary/aromatic N) is 2. The normalized spacial score (nSPS) is 11.3. The molecule has 0 radical (unpaired) electrons. The number of anilines is 1. The van der Waals surface area contributed by atoms with E-state index in [-0.39, 0.29) is 23.1 Å². The molecule has 8 nitrogen and oxygen atoms in total. The van der Waals surface area contributed by atoms with E-state index in [1.807, 2.05) is 0 Å². The van der Waals surface area contributed by atoms with Crippen molar-refractivity contribution in [2.24, 2.45) is 0 Å². The molecule has 2 rings (SSSR count). The zero-order valence-electron chi connectivity index (χ0n) is 12.5. The molecule has 9 heteroatoms. The number of nitro groups is 1. The topological polar surface area (TPSA) is 117 Å². The number of hydrogen-bond acceptors (Lipinski definition) is 5. The Balaban J connectivity index is 2.47. The fourth-order valence-electron chi connectivity index (χ4n) is 2.16. The van der Waals surface area contributed by atoms with Crippen molar-refractivity contribution in [2.75, 3.05) is 11.9 Å². The quantitative estimate of drug-likeness (QED) is 0.437. The predicted molar refractivity (Wildman–Crippen MR) is 87.1 cm³/mol. The molecule has 122 valence electrons. The highest BCUT2D eigenvalue weighted by molar-refractivity contribution is 6.33. The van der Waals surface area contributed by atoms with Crippen LogP contribution < -0.4 is 10.6 Å². The molecule has 0 saturated heterocycles. The lowest BCUT2D eigenvalue weighted by Crippen LogP contribution is -2.47. The van der Waals surface area contributed by atoms with Crippen molar-refractivity contribution in [1.82, 2.24) is 10.3 Å². The van der Waals surface area contributed by atoms with Gasteiger partial charge in [0.15, 0.2) is 0 Å². The Hall–Kier alpha value is -2.61. The first-order chi connectivity index (χ1) is 10.7. The Morgan fingerprint density at radius 2 is 2.09 bits per heavy atom. The predicted octanol–water partition coefficient (Wildman–Crippen LogP) is 3.25. The first kappa shape index (κ1) is 16.8. The first-order valence-corrected chi connectivity index (χ1v) is 7.07. The zero-order valence-corrected chi connectivity index (χ0v) is 13.2. The molecule has 0 aliphatic heterocycles. The van der Waals surface area contributed by atoms with Crippen molar-refractivity contribution in [3.05, 3.63) is 39.5 Å².